The molecule has 1 fully saturated rings. The second-order valence-corrected chi connectivity index (χ2v) is 6.65. The predicted molar refractivity (Wildman–Crippen MR) is 98.6 cm³/mol. The largest absolute Gasteiger partial charge is 0.480 e. The van der Waals surface area contributed by atoms with Gasteiger partial charge < -0.3 is 15.0 Å². The van der Waals surface area contributed by atoms with Crippen molar-refractivity contribution in [3.05, 3.63) is 40.4 Å². The van der Waals surface area contributed by atoms with E-state index in [1.165, 1.54) is 0 Å². The molecule has 0 radical (unpaired) electrons. The molecule has 1 amide bonds. The molecule has 1 aromatic carbocycles. The number of hydrogen-bond acceptors (Lipinski definition) is 5. The molecule has 3 rings (SSSR count). The Balaban J connectivity index is 1.56. The zero-order valence-electron chi connectivity index (χ0n) is 13.7. The van der Waals surface area contributed by atoms with Crippen molar-refractivity contribution in [1.29, 1.82) is 0 Å². The number of halogens is 2. The number of piperidine rings is 1. The van der Waals surface area contributed by atoms with Crippen LogP contribution in [-0.2, 0) is 4.79 Å². The van der Waals surface area contributed by atoms with Crippen LogP contribution in [0, 0.1) is 5.92 Å². The van der Waals surface area contributed by atoms with Gasteiger partial charge in [0.05, 0.1) is 17.8 Å². The van der Waals surface area contributed by atoms with Crippen molar-refractivity contribution in [2.45, 2.75) is 12.8 Å². The third-order valence-corrected chi connectivity index (χ3v) is 4.76. The van der Waals surface area contributed by atoms with Crippen LogP contribution in [0.15, 0.2) is 30.3 Å². The Labute approximate surface area is 156 Å². The summed E-state index contributed by atoms with van der Waals surface area (Å²) >= 11 is 12.0. The quantitative estimate of drug-likeness (QED) is 0.876. The molecular weight excluding hydrogens is 363 g/mol. The lowest BCUT2D eigenvalue weighted by Gasteiger charge is -2.31. The van der Waals surface area contributed by atoms with E-state index in [1.54, 1.807) is 31.4 Å². The summed E-state index contributed by atoms with van der Waals surface area (Å²) < 4.78 is 5.01. The van der Waals surface area contributed by atoms with Crippen LogP contribution in [-0.4, -0.2) is 36.3 Å². The lowest BCUT2D eigenvalue weighted by molar-refractivity contribution is -0.120. The van der Waals surface area contributed by atoms with Crippen LogP contribution in [0.25, 0.3) is 0 Å². The molecular formula is C17H18Cl2N4O2. The molecule has 0 aliphatic carbocycles. The number of carbonyl (C=O) groups is 1. The minimum absolute atomic E-state index is 0.0234. The van der Waals surface area contributed by atoms with Crippen molar-refractivity contribution in [3.8, 4) is 5.88 Å². The van der Waals surface area contributed by atoms with Crippen molar-refractivity contribution < 1.29 is 9.53 Å². The first-order chi connectivity index (χ1) is 12.1. The molecule has 1 saturated heterocycles. The summed E-state index contributed by atoms with van der Waals surface area (Å²) in [6.07, 6.45) is 1.48. The van der Waals surface area contributed by atoms with Crippen LogP contribution in [0.5, 0.6) is 5.88 Å². The maximum atomic E-state index is 12.5. The molecule has 2 heterocycles. The molecule has 1 aliphatic rings. The molecule has 1 aliphatic heterocycles. The van der Waals surface area contributed by atoms with Crippen LogP contribution in [0.2, 0.25) is 10.0 Å². The highest BCUT2D eigenvalue weighted by molar-refractivity contribution is 6.36. The summed E-state index contributed by atoms with van der Waals surface area (Å²) in [5, 5.41) is 12.0. The van der Waals surface area contributed by atoms with Gasteiger partial charge in [-0.1, -0.05) is 23.2 Å². The minimum Gasteiger partial charge on any atom is -0.480 e. The predicted octanol–water partition coefficient (Wildman–Crippen LogP) is 3.65. The zero-order chi connectivity index (χ0) is 17.8. The van der Waals surface area contributed by atoms with Gasteiger partial charge in [0.25, 0.3) is 0 Å². The van der Waals surface area contributed by atoms with Crippen LogP contribution < -0.4 is 15.0 Å². The normalized spacial score (nSPS) is 15.1. The molecule has 0 bridgehead atoms. The maximum Gasteiger partial charge on any atom is 0.233 e. The Morgan fingerprint density at radius 3 is 2.56 bits per heavy atom. The van der Waals surface area contributed by atoms with Gasteiger partial charge in [0.15, 0.2) is 5.82 Å². The number of amides is 1. The van der Waals surface area contributed by atoms with Gasteiger partial charge in [-0.15, -0.1) is 10.2 Å². The first-order valence-corrected chi connectivity index (χ1v) is 8.71. The summed E-state index contributed by atoms with van der Waals surface area (Å²) in [4.78, 5) is 14.6. The number of nitrogens with zero attached hydrogens (tertiary/aromatic N) is 3. The SMILES string of the molecule is COc1ccc(N2CCC(C(=O)Nc3ccc(Cl)cc3Cl)CC2)nn1. The Hall–Kier alpha value is -2.05. The summed E-state index contributed by atoms with van der Waals surface area (Å²) in [5.41, 5.74) is 0.583. The van der Waals surface area contributed by atoms with E-state index in [4.69, 9.17) is 27.9 Å². The second-order valence-electron chi connectivity index (χ2n) is 5.81. The van der Waals surface area contributed by atoms with E-state index >= 15 is 0 Å². The first kappa shape index (κ1) is 17.8. The number of anilines is 2. The van der Waals surface area contributed by atoms with Crippen molar-refractivity contribution in [1.82, 2.24) is 10.2 Å². The number of rotatable bonds is 4. The standard InChI is InChI=1S/C17H18Cl2N4O2/c1-25-16-5-4-15(21-22-16)23-8-6-11(7-9-23)17(24)20-14-3-2-12(18)10-13(14)19/h2-5,10-11H,6-9H2,1H3,(H,20,24). The molecule has 2 aromatic rings. The van der Waals surface area contributed by atoms with Crippen molar-refractivity contribution >= 4 is 40.6 Å². The Bertz CT molecular complexity index is 747. The van der Waals surface area contributed by atoms with Crippen molar-refractivity contribution in [3.63, 3.8) is 0 Å². The number of benzene rings is 1. The average molecular weight is 381 g/mol. The minimum atomic E-state index is -0.0609. The fourth-order valence-corrected chi connectivity index (χ4v) is 3.24. The molecule has 25 heavy (non-hydrogen) atoms. The van der Waals surface area contributed by atoms with E-state index in [1.807, 2.05) is 6.07 Å². The topological polar surface area (TPSA) is 67.3 Å². The van der Waals surface area contributed by atoms with Crippen LogP contribution in [0.1, 0.15) is 12.8 Å². The van der Waals surface area contributed by atoms with Gasteiger partial charge in [-0.05, 0) is 37.1 Å². The lowest BCUT2D eigenvalue weighted by atomic mass is 9.96. The zero-order valence-corrected chi connectivity index (χ0v) is 15.2. The van der Waals surface area contributed by atoms with Crippen LogP contribution >= 0.6 is 23.2 Å². The molecule has 132 valence electrons. The number of carbonyl (C=O) groups excluding carboxylic acids is 1. The molecule has 0 spiro atoms. The van der Waals surface area contributed by atoms with E-state index in [2.05, 4.69) is 20.4 Å². The van der Waals surface area contributed by atoms with Gasteiger partial charge in [-0.3, -0.25) is 4.79 Å². The molecule has 1 N–H and O–H groups in total. The van der Waals surface area contributed by atoms with Gasteiger partial charge in [0.1, 0.15) is 0 Å². The Morgan fingerprint density at radius 1 is 1.20 bits per heavy atom. The number of methoxy groups -OCH3 is 1. The molecule has 8 heteroatoms. The van der Waals surface area contributed by atoms with E-state index in [-0.39, 0.29) is 11.8 Å². The maximum absolute atomic E-state index is 12.5. The smallest absolute Gasteiger partial charge is 0.233 e. The van der Waals surface area contributed by atoms with Crippen molar-refractivity contribution in [2.75, 3.05) is 30.4 Å². The molecule has 6 nitrogen and oxygen atoms in total. The number of aromatic nitrogens is 2. The highest BCUT2D eigenvalue weighted by Crippen LogP contribution is 2.28. The summed E-state index contributed by atoms with van der Waals surface area (Å²) in [6, 6.07) is 8.69. The fourth-order valence-electron chi connectivity index (χ4n) is 2.79. The van der Waals surface area contributed by atoms with E-state index in [0.29, 0.717) is 21.6 Å². The summed E-state index contributed by atoms with van der Waals surface area (Å²) in [6.45, 7) is 1.49. The molecule has 0 saturated carbocycles. The number of nitrogens with one attached hydrogen (secondary N) is 1. The fraction of sp³-hybridized carbons (Fsp3) is 0.353. The van der Waals surface area contributed by atoms with Gasteiger partial charge in [0.2, 0.25) is 11.8 Å². The highest BCUT2D eigenvalue weighted by Gasteiger charge is 2.26. The first-order valence-electron chi connectivity index (χ1n) is 7.95. The summed E-state index contributed by atoms with van der Waals surface area (Å²) in [5.74, 6) is 1.19. The van der Waals surface area contributed by atoms with Crippen molar-refractivity contribution in [2.24, 2.45) is 5.92 Å². The number of ether oxygens (including phenoxy) is 1. The number of hydrogen-bond donors (Lipinski definition) is 1. The monoisotopic (exact) mass is 380 g/mol. The molecule has 0 unspecified atom stereocenters. The van der Waals surface area contributed by atoms with Crippen LogP contribution in [0.4, 0.5) is 11.5 Å². The van der Waals surface area contributed by atoms with E-state index < -0.39 is 0 Å². The highest BCUT2D eigenvalue weighted by atomic mass is 35.5. The van der Waals surface area contributed by atoms with Gasteiger partial charge in [-0.25, -0.2) is 0 Å². The van der Waals surface area contributed by atoms with E-state index in [0.717, 1.165) is 31.7 Å². The third-order valence-electron chi connectivity index (χ3n) is 4.21. The van der Waals surface area contributed by atoms with Gasteiger partial charge in [0, 0.05) is 30.1 Å². The van der Waals surface area contributed by atoms with Gasteiger partial charge in [-0.2, -0.15) is 0 Å². The Kier molecular flexibility index (Phi) is 5.60. The Morgan fingerprint density at radius 2 is 1.96 bits per heavy atom. The van der Waals surface area contributed by atoms with Crippen LogP contribution in [0.3, 0.4) is 0 Å². The van der Waals surface area contributed by atoms with Gasteiger partial charge >= 0.3 is 0 Å². The second kappa shape index (κ2) is 7.89. The molecule has 0 atom stereocenters. The lowest BCUT2D eigenvalue weighted by Crippen LogP contribution is -2.38. The molecule has 1 aromatic heterocycles. The summed E-state index contributed by atoms with van der Waals surface area (Å²) in [7, 11) is 1.56. The third kappa shape index (κ3) is 4.32. The van der Waals surface area contributed by atoms with E-state index in [9.17, 15) is 4.79 Å². The average Bonchev–Trinajstić information content (AvgIpc) is 2.64.